The second-order valence-corrected chi connectivity index (χ2v) is 11.0. The minimum Gasteiger partial charge on any atom is 0 e. The summed E-state index contributed by atoms with van der Waals surface area (Å²) in [6.45, 7) is -7.12. The molecule has 0 bridgehead atoms. The summed E-state index contributed by atoms with van der Waals surface area (Å²) in [5.41, 5.74) is 0. The van der Waals surface area contributed by atoms with Crippen molar-refractivity contribution in [1.29, 1.82) is 0 Å². The van der Waals surface area contributed by atoms with Crippen LogP contribution in [0.25, 0.3) is 0 Å². The third-order valence-corrected chi connectivity index (χ3v) is 9.75. The monoisotopic (exact) mass is 765 g/mol. The third-order valence-electron chi connectivity index (χ3n) is 4.66. The maximum Gasteiger partial charge on any atom is 0 e. The topological polar surface area (TPSA) is 0 Å². The van der Waals surface area contributed by atoms with Crippen LogP contribution < -0.4 is 15.9 Å². The van der Waals surface area contributed by atoms with Gasteiger partial charge in [0.1, 0.15) is 0 Å². The van der Waals surface area contributed by atoms with Crippen LogP contribution in [0.15, 0.2) is 0 Å². The Hall–Kier alpha value is -1.93. The maximum absolute atomic E-state index is 14.6. The number of hydrogen-bond acceptors (Lipinski definition) is 0. The van der Waals surface area contributed by atoms with Crippen molar-refractivity contribution in [2.24, 2.45) is 0 Å². The van der Waals surface area contributed by atoms with E-state index >= 15 is 0 Å². The predicted molar refractivity (Wildman–Crippen MR) is 91.8 cm³/mol. The van der Waals surface area contributed by atoms with E-state index in [9.17, 15) is 65.9 Å². The molecule has 36 heavy (non-hydrogen) atoms. The molecule has 0 N–H and O–H groups in total. The van der Waals surface area contributed by atoms with Crippen molar-refractivity contribution < 1.29 is 88.2 Å². The first-order valence-corrected chi connectivity index (χ1v) is 11.3. The van der Waals surface area contributed by atoms with Crippen LogP contribution in [0.4, 0.5) is 65.9 Å². The summed E-state index contributed by atoms with van der Waals surface area (Å²) in [5, 5.41) is -8.37. The van der Waals surface area contributed by atoms with E-state index in [1.165, 1.54) is 0 Å². The third kappa shape index (κ3) is 3.99. The fourth-order valence-electron chi connectivity index (χ4n) is 3.10. The van der Waals surface area contributed by atoms with Crippen LogP contribution in [-0.4, -0.2) is 0 Å². The number of halogens is 16. The number of benzene rings is 3. The molecular formula is C18HAuClF15P. The number of rotatable bonds is 3. The Kier molecular flexibility index (Phi) is 8.49. The van der Waals surface area contributed by atoms with E-state index in [-0.39, 0.29) is 22.4 Å². The Balaban J connectivity index is 0.00000456. The molecule has 0 heterocycles. The average Bonchev–Trinajstić information content (AvgIpc) is 2.81. The summed E-state index contributed by atoms with van der Waals surface area (Å²) in [5.74, 6) is -46.2. The molecule has 0 atom stereocenters. The molecule has 3 aromatic rings. The summed E-state index contributed by atoms with van der Waals surface area (Å²) in [7, 11) is 0. The van der Waals surface area contributed by atoms with Crippen LogP contribution in [0, 0.1) is 87.3 Å². The van der Waals surface area contributed by atoms with E-state index in [1.54, 1.807) is 0 Å². The smallest absolute Gasteiger partial charge is 0 e. The molecule has 0 nitrogen and oxygen atoms in total. The van der Waals surface area contributed by atoms with Crippen molar-refractivity contribution in [3.8, 4) is 0 Å². The quantitative estimate of drug-likeness (QED) is 0.102. The van der Waals surface area contributed by atoms with Crippen molar-refractivity contribution >= 4 is 33.8 Å². The molecule has 201 valence electrons. The molecule has 0 aliphatic heterocycles. The van der Waals surface area contributed by atoms with Gasteiger partial charge in [0.2, 0.25) is 0 Å². The second-order valence-electron chi connectivity index (χ2n) is 6.49. The molecule has 0 spiro atoms. The van der Waals surface area contributed by atoms with Crippen LogP contribution >= 0.6 is 17.9 Å². The van der Waals surface area contributed by atoms with Gasteiger partial charge in [-0.05, 0) is 0 Å². The van der Waals surface area contributed by atoms with E-state index in [4.69, 9.17) is 11.2 Å². The van der Waals surface area contributed by atoms with E-state index in [2.05, 4.69) is 0 Å². The second kappa shape index (κ2) is 10.1. The van der Waals surface area contributed by atoms with E-state index in [0.29, 0.717) is 0 Å². The van der Waals surface area contributed by atoms with Gasteiger partial charge in [-0.3, -0.25) is 0 Å². The molecule has 18 heteroatoms. The molecule has 0 aliphatic rings. The molecule has 3 aromatic carbocycles. The Morgan fingerprint density at radius 3 is 0.528 bits per heavy atom. The molecule has 0 aliphatic carbocycles. The van der Waals surface area contributed by atoms with Gasteiger partial charge in [0.25, 0.3) is 0 Å². The largest absolute Gasteiger partial charge is 0 e. The molecule has 1 radical (unpaired) electrons. The van der Waals surface area contributed by atoms with Crippen molar-refractivity contribution in [3.05, 3.63) is 87.3 Å². The molecule has 0 unspecified atom stereocenters. The minimum atomic E-state index is -7.12. The Morgan fingerprint density at radius 1 is 0.278 bits per heavy atom. The molecular weight excluding hydrogens is 765 g/mol. The summed E-state index contributed by atoms with van der Waals surface area (Å²) < 4.78 is 211. The summed E-state index contributed by atoms with van der Waals surface area (Å²) in [4.78, 5) is 0. The van der Waals surface area contributed by atoms with Gasteiger partial charge >= 0.3 is 187 Å². The van der Waals surface area contributed by atoms with Gasteiger partial charge < -0.3 is 0 Å². The van der Waals surface area contributed by atoms with Crippen LogP contribution in [0.2, 0.25) is 0 Å². The Morgan fingerprint density at radius 2 is 0.389 bits per heavy atom. The van der Waals surface area contributed by atoms with Crippen LogP contribution in [-0.2, 0) is 22.4 Å². The van der Waals surface area contributed by atoms with Crippen LogP contribution in [0.5, 0.6) is 0 Å². The number of hydrogen-bond donors (Lipinski definition) is 0. The fourth-order valence-corrected chi connectivity index (χ4v) is 7.81. The van der Waals surface area contributed by atoms with Crippen molar-refractivity contribution in [1.82, 2.24) is 0 Å². The van der Waals surface area contributed by atoms with Crippen molar-refractivity contribution in [3.63, 3.8) is 0 Å². The van der Waals surface area contributed by atoms with Gasteiger partial charge in [0, 0.05) is 22.4 Å². The van der Waals surface area contributed by atoms with Crippen LogP contribution in [0.3, 0.4) is 0 Å². The fraction of sp³-hybridized carbons (Fsp3) is 0. The Labute approximate surface area is 209 Å². The van der Waals surface area contributed by atoms with Gasteiger partial charge in [0.15, 0.2) is 0 Å². The first-order chi connectivity index (χ1) is 16.0. The SMILES string of the molecule is Fc1c(F)c(F)c([PH](Cl)(c2c(F)c(F)c(F)c(F)c2F)c2c(F)c(F)c(F)c(F)c2F)c(F)c1F.[Au]. The molecule has 0 fully saturated rings. The van der Waals surface area contributed by atoms with Gasteiger partial charge in [0.05, 0.1) is 0 Å². The van der Waals surface area contributed by atoms with Crippen LogP contribution in [0.1, 0.15) is 0 Å². The molecule has 0 saturated carbocycles. The minimum absolute atomic E-state index is 0. The predicted octanol–water partition coefficient (Wildman–Crippen LogP) is 5.95. The van der Waals surface area contributed by atoms with E-state index < -0.39 is 110 Å². The average molecular weight is 766 g/mol. The van der Waals surface area contributed by atoms with Gasteiger partial charge in [-0.2, -0.15) is 0 Å². The standard InChI is InChI=1S/C18HClF15P.Au/c19-35(16-10(29)4(23)1(20)5(24)11(16)30,17-12(31)6(25)2(21)7(26)13(17)32)18-14(33)8(27)3(22)9(28)15(18)34;/h35H;. The summed E-state index contributed by atoms with van der Waals surface area (Å²) in [6.07, 6.45) is 0. The van der Waals surface area contributed by atoms with Gasteiger partial charge in [-0.1, -0.05) is 0 Å². The van der Waals surface area contributed by atoms with Gasteiger partial charge in [-0.15, -0.1) is 0 Å². The zero-order valence-electron chi connectivity index (χ0n) is 15.8. The molecule has 3 rings (SSSR count). The zero-order chi connectivity index (χ0) is 26.9. The maximum atomic E-state index is 14.6. The molecule has 0 aromatic heterocycles. The van der Waals surface area contributed by atoms with Gasteiger partial charge in [-0.25, -0.2) is 0 Å². The normalized spacial score (nSPS) is 12.1. The van der Waals surface area contributed by atoms with Crippen molar-refractivity contribution in [2.45, 2.75) is 0 Å². The molecule has 0 saturated heterocycles. The first kappa shape index (κ1) is 30.3. The summed E-state index contributed by atoms with van der Waals surface area (Å²) in [6, 6.07) is 0. The summed E-state index contributed by atoms with van der Waals surface area (Å²) >= 11 is 5.67. The van der Waals surface area contributed by atoms with Crippen molar-refractivity contribution in [2.75, 3.05) is 0 Å². The Bertz CT molecular complexity index is 1170. The molecule has 0 amide bonds. The first-order valence-electron chi connectivity index (χ1n) is 8.27. The van der Waals surface area contributed by atoms with E-state index in [0.717, 1.165) is 0 Å². The van der Waals surface area contributed by atoms with E-state index in [1.807, 2.05) is 0 Å². The zero-order valence-corrected chi connectivity index (χ0v) is 19.8.